The molecule has 0 saturated heterocycles. The summed E-state index contributed by atoms with van der Waals surface area (Å²) in [6, 6.07) is 8.27. The fraction of sp³-hybridized carbons (Fsp3) is 0.286. The summed E-state index contributed by atoms with van der Waals surface area (Å²) in [4.78, 5) is 8.42. The van der Waals surface area contributed by atoms with Crippen LogP contribution in [0, 0.1) is 3.57 Å². The van der Waals surface area contributed by atoms with Crippen LogP contribution >= 0.6 is 22.6 Å². The summed E-state index contributed by atoms with van der Waals surface area (Å²) in [5, 5.41) is 0. The average Bonchev–Trinajstić information content (AvgIpc) is 2.43. The van der Waals surface area contributed by atoms with Crippen molar-refractivity contribution in [1.29, 1.82) is 0 Å². The molecule has 5 heteroatoms. The topological polar surface area (TPSA) is 61.0 Å². The van der Waals surface area contributed by atoms with Gasteiger partial charge in [0.25, 0.3) is 0 Å². The number of nitrogens with zero attached hydrogens (tertiary/aromatic N) is 2. The van der Waals surface area contributed by atoms with Crippen LogP contribution in [0.3, 0.4) is 0 Å². The van der Waals surface area contributed by atoms with Gasteiger partial charge in [0.1, 0.15) is 5.75 Å². The summed E-state index contributed by atoms with van der Waals surface area (Å²) >= 11 is 2.22. The van der Waals surface area contributed by atoms with E-state index in [9.17, 15) is 0 Å². The Morgan fingerprint density at radius 2 is 1.95 bits per heavy atom. The second-order valence-electron chi connectivity index (χ2n) is 4.28. The van der Waals surface area contributed by atoms with Crippen molar-refractivity contribution in [3.05, 3.63) is 45.8 Å². The lowest BCUT2D eigenvalue weighted by molar-refractivity contribution is 0.437. The minimum absolute atomic E-state index is 0.158. The van der Waals surface area contributed by atoms with Crippen molar-refractivity contribution in [3.8, 4) is 11.8 Å². The van der Waals surface area contributed by atoms with Gasteiger partial charge in [-0.1, -0.05) is 19.1 Å². The molecule has 1 unspecified atom stereocenters. The van der Waals surface area contributed by atoms with Gasteiger partial charge in [0.15, 0.2) is 0 Å². The summed E-state index contributed by atoms with van der Waals surface area (Å²) in [6.45, 7) is 2.07. The third kappa shape index (κ3) is 4.14. The summed E-state index contributed by atoms with van der Waals surface area (Å²) in [5.41, 5.74) is 6.93. The lowest BCUT2D eigenvalue weighted by atomic mass is 10.1. The molecule has 0 spiro atoms. The van der Waals surface area contributed by atoms with Crippen molar-refractivity contribution in [1.82, 2.24) is 9.97 Å². The Morgan fingerprint density at radius 1 is 1.26 bits per heavy atom. The van der Waals surface area contributed by atoms with Gasteiger partial charge in [-0.15, -0.1) is 0 Å². The van der Waals surface area contributed by atoms with E-state index in [1.807, 2.05) is 24.3 Å². The summed E-state index contributed by atoms with van der Waals surface area (Å²) in [6.07, 6.45) is 5.28. The fourth-order valence-electron chi connectivity index (χ4n) is 1.57. The molecule has 0 aliphatic rings. The first-order valence-electron chi connectivity index (χ1n) is 6.18. The van der Waals surface area contributed by atoms with Crippen molar-refractivity contribution >= 4 is 22.6 Å². The molecule has 0 aliphatic carbocycles. The van der Waals surface area contributed by atoms with Crippen LogP contribution in [0.4, 0.5) is 0 Å². The number of para-hydroxylation sites is 1. The van der Waals surface area contributed by atoms with Gasteiger partial charge in [0, 0.05) is 18.4 Å². The zero-order valence-electron chi connectivity index (χ0n) is 10.7. The van der Waals surface area contributed by atoms with Gasteiger partial charge in [-0.25, -0.2) is 9.97 Å². The minimum Gasteiger partial charge on any atom is -0.423 e. The number of ether oxygens (including phenoxy) is 1. The van der Waals surface area contributed by atoms with Crippen LogP contribution in [0.15, 0.2) is 36.7 Å². The molecule has 2 rings (SSSR count). The van der Waals surface area contributed by atoms with Crippen LogP contribution in [-0.2, 0) is 6.42 Å². The highest BCUT2D eigenvalue weighted by Gasteiger charge is 2.06. The Labute approximate surface area is 126 Å². The molecule has 0 aliphatic heterocycles. The normalized spacial score (nSPS) is 12.2. The van der Waals surface area contributed by atoms with Crippen molar-refractivity contribution in [3.63, 3.8) is 0 Å². The lowest BCUT2D eigenvalue weighted by Crippen LogP contribution is -2.21. The molecule has 100 valence electrons. The van der Waals surface area contributed by atoms with E-state index in [-0.39, 0.29) is 6.04 Å². The van der Waals surface area contributed by atoms with E-state index in [0.717, 1.165) is 27.7 Å². The zero-order valence-corrected chi connectivity index (χ0v) is 12.9. The lowest BCUT2D eigenvalue weighted by Gasteiger charge is -2.09. The van der Waals surface area contributed by atoms with Crippen LogP contribution in [0.5, 0.6) is 11.8 Å². The molecule has 2 aromatic rings. The van der Waals surface area contributed by atoms with Gasteiger partial charge in [0.2, 0.25) is 0 Å². The first-order valence-corrected chi connectivity index (χ1v) is 7.25. The monoisotopic (exact) mass is 369 g/mol. The van der Waals surface area contributed by atoms with E-state index in [2.05, 4.69) is 39.5 Å². The molecule has 0 saturated carbocycles. The van der Waals surface area contributed by atoms with Crippen molar-refractivity contribution in [2.24, 2.45) is 5.73 Å². The van der Waals surface area contributed by atoms with Gasteiger partial charge in [-0.3, -0.25) is 0 Å². The van der Waals surface area contributed by atoms with Crippen molar-refractivity contribution in [2.75, 3.05) is 0 Å². The molecule has 0 radical (unpaired) electrons. The number of rotatable bonds is 5. The number of halogens is 1. The molecule has 19 heavy (non-hydrogen) atoms. The first kappa shape index (κ1) is 14.2. The average molecular weight is 369 g/mol. The Kier molecular flexibility index (Phi) is 5.09. The van der Waals surface area contributed by atoms with E-state index >= 15 is 0 Å². The van der Waals surface area contributed by atoms with E-state index in [1.165, 1.54) is 0 Å². The van der Waals surface area contributed by atoms with Crippen molar-refractivity contribution in [2.45, 2.75) is 25.8 Å². The quantitative estimate of drug-likeness (QED) is 0.823. The molecule has 1 aromatic carbocycles. The first-order chi connectivity index (χ1) is 9.19. The Hall–Kier alpha value is -1.21. The molecular formula is C14H16IN3O. The molecule has 0 amide bonds. The molecule has 2 N–H and O–H groups in total. The molecule has 0 bridgehead atoms. The number of benzene rings is 1. The van der Waals surface area contributed by atoms with E-state index in [0.29, 0.717) is 6.01 Å². The largest absolute Gasteiger partial charge is 0.423 e. The highest BCUT2D eigenvalue weighted by molar-refractivity contribution is 14.1. The zero-order chi connectivity index (χ0) is 13.7. The predicted octanol–water partition coefficient (Wildman–Crippen LogP) is 3.15. The number of nitrogens with two attached hydrogens (primary N) is 1. The summed E-state index contributed by atoms with van der Waals surface area (Å²) in [5.74, 6) is 0.765. The van der Waals surface area contributed by atoms with Gasteiger partial charge >= 0.3 is 6.01 Å². The number of hydrogen-bond donors (Lipinski definition) is 1. The Balaban J connectivity index is 2.05. The van der Waals surface area contributed by atoms with E-state index in [1.54, 1.807) is 12.4 Å². The van der Waals surface area contributed by atoms with Crippen LogP contribution < -0.4 is 10.5 Å². The maximum atomic E-state index is 5.90. The smallest absolute Gasteiger partial charge is 0.321 e. The molecular weight excluding hydrogens is 353 g/mol. The summed E-state index contributed by atoms with van der Waals surface area (Å²) < 4.78 is 6.66. The Morgan fingerprint density at radius 3 is 2.58 bits per heavy atom. The molecule has 4 nitrogen and oxygen atoms in total. The molecule has 1 atom stereocenters. The van der Waals surface area contributed by atoms with Crippen LogP contribution in [-0.4, -0.2) is 16.0 Å². The van der Waals surface area contributed by atoms with E-state index in [4.69, 9.17) is 10.5 Å². The SMILES string of the molecule is CCC(N)Cc1cnc(Oc2ccccc2I)nc1. The molecule has 1 heterocycles. The fourth-order valence-corrected chi connectivity index (χ4v) is 2.07. The van der Waals surface area contributed by atoms with Gasteiger partial charge in [0.05, 0.1) is 3.57 Å². The van der Waals surface area contributed by atoms with Crippen LogP contribution in [0.25, 0.3) is 0 Å². The Bertz CT molecular complexity index is 530. The van der Waals surface area contributed by atoms with E-state index < -0.39 is 0 Å². The standard InChI is InChI=1S/C14H16IN3O/c1-2-11(16)7-10-8-17-14(18-9-10)19-13-6-4-3-5-12(13)15/h3-6,8-9,11H,2,7,16H2,1H3. The van der Waals surface area contributed by atoms with Crippen LogP contribution in [0.1, 0.15) is 18.9 Å². The van der Waals surface area contributed by atoms with Gasteiger partial charge in [-0.05, 0) is 53.1 Å². The summed E-state index contributed by atoms with van der Waals surface area (Å²) in [7, 11) is 0. The number of aromatic nitrogens is 2. The second kappa shape index (κ2) is 6.81. The highest BCUT2D eigenvalue weighted by atomic mass is 127. The van der Waals surface area contributed by atoms with Crippen LogP contribution in [0.2, 0.25) is 0 Å². The number of hydrogen-bond acceptors (Lipinski definition) is 4. The predicted molar refractivity (Wildman–Crippen MR) is 83.2 cm³/mol. The van der Waals surface area contributed by atoms with Gasteiger partial charge in [-0.2, -0.15) is 0 Å². The minimum atomic E-state index is 0.158. The van der Waals surface area contributed by atoms with Gasteiger partial charge < -0.3 is 10.5 Å². The second-order valence-corrected chi connectivity index (χ2v) is 5.44. The molecule has 1 aromatic heterocycles. The third-order valence-electron chi connectivity index (χ3n) is 2.74. The maximum Gasteiger partial charge on any atom is 0.321 e. The highest BCUT2D eigenvalue weighted by Crippen LogP contribution is 2.23. The molecule has 0 fully saturated rings. The van der Waals surface area contributed by atoms with Crippen molar-refractivity contribution < 1.29 is 4.74 Å². The third-order valence-corrected chi connectivity index (χ3v) is 3.63. The maximum absolute atomic E-state index is 5.90.